The van der Waals surface area contributed by atoms with Crippen molar-refractivity contribution in [2.45, 2.75) is 40.8 Å². The fourth-order valence-electron chi connectivity index (χ4n) is 3.13. The number of aryl methyl sites for hydroxylation is 3. The maximum atomic E-state index is 12.6. The second-order valence-electron chi connectivity index (χ2n) is 6.73. The average molecular weight is 351 g/mol. The van der Waals surface area contributed by atoms with Crippen molar-refractivity contribution in [3.05, 3.63) is 64.7 Å². The van der Waals surface area contributed by atoms with Gasteiger partial charge in [0.05, 0.1) is 17.1 Å². The van der Waals surface area contributed by atoms with Crippen LogP contribution in [0, 0.1) is 27.7 Å². The summed E-state index contributed by atoms with van der Waals surface area (Å²) < 4.78 is 3.69. The van der Waals surface area contributed by atoms with E-state index in [1.165, 1.54) is 0 Å². The predicted octanol–water partition coefficient (Wildman–Crippen LogP) is 2.96. The van der Waals surface area contributed by atoms with Gasteiger partial charge in [-0.15, -0.1) is 0 Å². The van der Waals surface area contributed by atoms with E-state index in [4.69, 9.17) is 0 Å². The van der Waals surface area contributed by atoms with E-state index < -0.39 is 0 Å². The molecule has 136 valence electrons. The van der Waals surface area contributed by atoms with Crippen molar-refractivity contribution in [1.82, 2.24) is 24.5 Å². The van der Waals surface area contributed by atoms with Crippen molar-refractivity contribution in [3.63, 3.8) is 0 Å². The zero-order chi connectivity index (χ0) is 18.8. The van der Waals surface area contributed by atoms with E-state index in [2.05, 4.69) is 10.2 Å². The Labute approximate surface area is 154 Å². The molecule has 0 aliphatic carbocycles. The maximum Gasteiger partial charge on any atom is 0.244 e. The molecule has 0 saturated carbocycles. The van der Waals surface area contributed by atoms with Crippen LogP contribution in [-0.4, -0.2) is 37.4 Å². The number of hydrogen-bond acceptors (Lipinski definition) is 3. The first-order chi connectivity index (χ1) is 12.4. The Morgan fingerprint density at radius 3 is 2.38 bits per heavy atom. The van der Waals surface area contributed by atoms with Crippen LogP contribution in [0.5, 0.6) is 0 Å². The molecule has 26 heavy (non-hydrogen) atoms. The van der Waals surface area contributed by atoms with E-state index in [0.29, 0.717) is 6.54 Å². The Bertz CT molecular complexity index is 923. The molecule has 0 saturated heterocycles. The third kappa shape index (κ3) is 3.54. The fraction of sp³-hybridized carbons (Fsp3) is 0.350. The molecule has 0 bridgehead atoms. The molecule has 0 radical (unpaired) electrons. The van der Waals surface area contributed by atoms with Crippen LogP contribution in [-0.2, 0) is 17.9 Å². The minimum atomic E-state index is 0.0301. The quantitative estimate of drug-likeness (QED) is 0.710. The topological polar surface area (TPSA) is 56.0 Å². The summed E-state index contributed by atoms with van der Waals surface area (Å²) >= 11 is 0. The van der Waals surface area contributed by atoms with E-state index in [-0.39, 0.29) is 12.5 Å². The lowest BCUT2D eigenvalue weighted by Gasteiger charge is -2.18. The van der Waals surface area contributed by atoms with Gasteiger partial charge in [-0.1, -0.05) is 18.2 Å². The molecule has 0 aliphatic rings. The van der Waals surface area contributed by atoms with E-state index in [1.54, 1.807) is 9.58 Å². The molecule has 3 rings (SSSR count). The van der Waals surface area contributed by atoms with Gasteiger partial charge >= 0.3 is 0 Å². The Morgan fingerprint density at radius 2 is 1.77 bits per heavy atom. The molecule has 0 aliphatic heterocycles. The number of benzene rings is 1. The highest BCUT2D eigenvalue weighted by atomic mass is 16.2. The first kappa shape index (κ1) is 17.9. The van der Waals surface area contributed by atoms with Crippen molar-refractivity contribution in [3.8, 4) is 5.69 Å². The van der Waals surface area contributed by atoms with Crippen LogP contribution in [0.4, 0.5) is 0 Å². The zero-order valence-corrected chi connectivity index (χ0v) is 16.0. The van der Waals surface area contributed by atoms with Gasteiger partial charge in [0.25, 0.3) is 0 Å². The van der Waals surface area contributed by atoms with Crippen molar-refractivity contribution >= 4 is 5.91 Å². The van der Waals surface area contributed by atoms with Gasteiger partial charge in [-0.05, 0) is 45.9 Å². The number of aromatic nitrogens is 4. The Morgan fingerprint density at radius 1 is 1.08 bits per heavy atom. The summed E-state index contributed by atoms with van der Waals surface area (Å²) in [7, 11) is 1.83. The zero-order valence-electron chi connectivity index (χ0n) is 16.0. The molecule has 6 nitrogen and oxygen atoms in total. The molecule has 6 heteroatoms. The number of hydrogen-bond donors (Lipinski definition) is 0. The predicted molar refractivity (Wildman–Crippen MR) is 101 cm³/mol. The van der Waals surface area contributed by atoms with Crippen LogP contribution in [0.1, 0.15) is 28.3 Å². The smallest absolute Gasteiger partial charge is 0.244 e. The molecule has 0 spiro atoms. The molecule has 2 aromatic heterocycles. The summed E-state index contributed by atoms with van der Waals surface area (Å²) in [4.78, 5) is 14.4. The van der Waals surface area contributed by atoms with Crippen LogP contribution in [0.25, 0.3) is 5.69 Å². The van der Waals surface area contributed by atoms with Gasteiger partial charge in [0.15, 0.2) is 0 Å². The number of likely N-dealkylation sites (N-methyl/N-ethyl adjacent to an activating group) is 1. The molecular formula is C20H25N5O. The molecule has 0 unspecified atom stereocenters. The molecule has 3 aromatic rings. The SMILES string of the molecule is Cc1cc(C)n(CC(=O)N(C)Cc2c(C)nn(-c3ccccc3)c2C)n1. The minimum Gasteiger partial charge on any atom is -0.340 e. The summed E-state index contributed by atoms with van der Waals surface area (Å²) in [6.07, 6.45) is 0. The van der Waals surface area contributed by atoms with Gasteiger partial charge in [0, 0.05) is 30.5 Å². The van der Waals surface area contributed by atoms with Crippen LogP contribution >= 0.6 is 0 Å². The Balaban J connectivity index is 1.77. The van der Waals surface area contributed by atoms with Crippen LogP contribution < -0.4 is 0 Å². The minimum absolute atomic E-state index is 0.0301. The number of carbonyl (C=O) groups is 1. The van der Waals surface area contributed by atoms with Gasteiger partial charge in [-0.2, -0.15) is 10.2 Å². The first-order valence-electron chi connectivity index (χ1n) is 8.72. The summed E-state index contributed by atoms with van der Waals surface area (Å²) in [5.74, 6) is 0.0301. The molecule has 2 heterocycles. The molecule has 0 fully saturated rings. The first-order valence-corrected chi connectivity index (χ1v) is 8.72. The second-order valence-corrected chi connectivity index (χ2v) is 6.73. The molecule has 0 N–H and O–H groups in total. The van der Waals surface area contributed by atoms with Crippen molar-refractivity contribution in [2.24, 2.45) is 0 Å². The largest absolute Gasteiger partial charge is 0.340 e. The lowest BCUT2D eigenvalue weighted by atomic mass is 10.2. The third-order valence-corrected chi connectivity index (χ3v) is 4.65. The number of amides is 1. The monoisotopic (exact) mass is 351 g/mol. The highest BCUT2D eigenvalue weighted by Gasteiger charge is 2.18. The van der Waals surface area contributed by atoms with Crippen molar-refractivity contribution in [1.29, 1.82) is 0 Å². The Kier molecular flexibility index (Phi) is 4.93. The van der Waals surface area contributed by atoms with Crippen LogP contribution in [0.15, 0.2) is 36.4 Å². The normalized spacial score (nSPS) is 11.0. The highest BCUT2D eigenvalue weighted by molar-refractivity contribution is 5.75. The third-order valence-electron chi connectivity index (χ3n) is 4.65. The van der Waals surface area contributed by atoms with E-state index in [1.807, 2.05) is 75.8 Å². The highest BCUT2D eigenvalue weighted by Crippen LogP contribution is 2.19. The van der Waals surface area contributed by atoms with E-state index >= 15 is 0 Å². The molecule has 0 atom stereocenters. The maximum absolute atomic E-state index is 12.6. The van der Waals surface area contributed by atoms with Gasteiger partial charge in [-0.3, -0.25) is 9.48 Å². The second kappa shape index (κ2) is 7.15. The standard InChI is InChI=1S/C20H25N5O/c1-14-11-15(2)24(21-14)13-20(26)23(5)12-19-16(3)22-25(17(19)4)18-9-7-6-8-10-18/h6-11H,12-13H2,1-5H3. The van der Waals surface area contributed by atoms with Gasteiger partial charge < -0.3 is 4.90 Å². The number of carbonyl (C=O) groups excluding carboxylic acids is 1. The molecule has 1 amide bonds. The lowest BCUT2D eigenvalue weighted by molar-refractivity contribution is -0.131. The van der Waals surface area contributed by atoms with Crippen LogP contribution in [0.3, 0.4) is 0 Å². The summed E-state index contributed by atoms with van der Waals surface area (Å²) in [6, 6.07) is 12.0. The number of nitrogens with zero attached hydrogens (tertiary/aromatic N) is 5. The van der Waals surface area contributed by atoms with E-state index in [9.17, 15) is 4.79 Å². The van der Waals surface area contributed by atoms with Gasteiger partial charge in [-0.25, -0.2) is 4.68 Å². The van der Waals surface area contributed by atoms with Crippen molar-refractivity contribution in [2.75, 3.05) is 7.05 Å². The molecular weight excluding hydrogens is 326 g/mol. The van der Waals surface area contributed by atoms with E-state index in [0.717, 1.165) is 34.0 Å². The number of para-hydroxylation sites is 1. The summed E-state index contributed by atoms with van der Waals surface area (Å²) in [5.41, 5.74) is 6.02. The Hall–Kier alpha value is -2.89. The number of rotatable bonds is 5. The van der Waals surface area contributed by atoms with Gasteiger partial charge in [0.1, 0.15) is 6.54 Å². The fourth-order valence-corrected chi connectivity index (χ4v) is 3.13. The van der Waals surface area contributed by atoms with Crippen LogP contribution in [0.2, 0.25) is 0 Å². The molecule has 1 aromatic carbocycles. The van der Waals surface area contributed by atoms with Gasteiger partial charge in [0.2, 0.25) is 5.91 Å². The summed E-state index contributed by atoms with van der Waals surface area (Å²) in [5, 5.41) is 9.03. The lowest BCUT2D eigenvalue weighted by Crippen LogP contribution is -2.30. The van der Waals surface area contributed by atoms with Crippen molar-refractivity contribution < 1.29 is 4.79 Å². The average Bonchev–Trinajstić information content (AvgIpc) is 3.08. The summed E-state index contributed by atoms with van der Waals surface area (Å²) in [6.45, 7) is 8.71.